The molecule has 0 aromatic rings. The van der Waals surface area contributed by atoms with Crippen LogP contribution in [0.4, 0.5) is 0 Å². The van der Waals surface area contributed by atoms with Crippen LogP contribution in [0.5, 0.6) is 0 Å². The molecule has 1 amide bonds. The number of nitrogens with two attached hydrogens (primary N) is 1. The van der Waals surface area contributed by atoms with Crippen LogP contribution < -0.4 is 16.4 Å². The molecule has 6 nitrogen and oxygen atoms in total. The van der Waals surface area contributed by atoms with Crippen LogP contribution in [0.25, 0.3) is 0 Å². The Morgan fingerprint density at radius 3 is 1.79 bits per heavy atom. The first-order chi connectivity index (χ1) is 6.55. The van der Waals surface area contributed by atoms with Gasteiger partial charge in [-0.25, -0.2) is 0 Å². The summed E-state index contributed by atoms with van der Waals surface area (Å²) in [7, 11) is 0. The molecule has 0 aromatic carbocycles. The lowest BCUT2D eigenvalue weighted by atomic mass is 9.67. The molecule has 6 heteroatoms. The van der Waals surface area contributed by atoms with Crippen molar-refractivity contribution >= 4 is 11.9 Å². The molecular weight excluding hydrogens is 186 g/mol. The molecule has 0 aromatic heterocycles. The van der Waals surface area contributed by atoms with E-state index in [1.54, 1.807) is 0 Å². The predicted molar refractivity (Wildman–Crippen MR) is 47.4 cm³/mol. The first-order valence-corrected chi connectivity index (χ1v) is 4.50. The normalized spacial score (nSPS) is 40.9. The van der Waals surface area contributed by atoms with E-state index in [-0.39, 0.29) is 0 Å². The maximum absolute atomic E-state index is 11.4. The Morgan fingerprint density at radius 1 is 1.07 bits per heavy atom. The summed E-state index contributed by atoms with van der Waals surface area (Å²) >= 11 is 0. The molecule has 2 fully saturated rings. The van der Waals surface area contributed by atoms with Crippen molar-refractivity contribution in [2.45, 2.75) is 0 Å². The Labute approximate surface area is 80.8 Å². The van der Waals surface area contributed by atoms with E-state index in [1.165, 1.54) is 0 Å². The number of hydrogen-bond donors (Lipinski definition) is 4. The lowest BCUT2D eigenvalue weighted by Gasteiger charge is -2.31. The molecule has 0 bridgehead atoms. The molecule has 0 saturated carbocycles. The zero-order valence-electron chi connectivity index (χ0n) is 7.67. The average molecular weight is 199 g/mol. The zero-order valence-corrected chi connectivity index (χ0v) is 7.67. The van der Waals surface area contributed by atoms with E-state index in [2.05, 4.69) is 10.6 Å². The molecule has 0 radical (unpaired) electrons. The Kier molecular flexibility index (Phi) is 1.80. The van der Waals surface area contributed by atoms with Gasteiger partial charge in [-0.05, 0) is 0 Å². The molecule has 2 aliphatic rings. The van der Waals surface area contributed by atoms with Crippen molar-refractivity contribution in [3.63, 3.8) is 0 Å². The number of fused-ring (bicyclic) bond motifs is 1. The van der Waals surface area contributed by atoms with Gasteiger partial charge in [-0.3, -0.25) is 9.59 Å². The number of rotatable bonds is 2. The van der Waals surface area contributed by atoms with Crippen molar-refractivity contribution < 1.29 is 14.7 Å². The molecule has 78 valence electrons. The number of amides is 1. The van der Waals surface area contributed by atoms with Gasteiger partial charge in [0.2, 0.25) is 5.91 Å². The SMILES string of the molecule is NC(=O)C12CNCC1(C(=O)O)CNC2. The van der Waals surface area contributed by atoms with E-state index in [0.717, 1.165) is 0 Å². The minimum atomic E-state index is -1.06. The van der Waals surface area contributed by atoms with Crippen LogP contribution in [0, 0.1) is 10.8 Å². The van der Waals surface area contributed by atoms with Gasteiger partial charge in [0.25, 0.3) is 0 Å². The summed E-state index contributed by atoms with van der Waals surface area (Å²) in [5, 5.41) is 15.1. The maximum atomic E-state index is 11.4. The molecule has 0 unspecified atom stereocenters. The van der Waals surface area contributed by atoms with Gasteiger partial charge in [-0.2, -0.15) is 0 Å². The molecule has 2 aliphatic heterocycles. The summed E-state index contributed by atoms with van der Waals surface area (Å²) in [6, 6.07) is 0. The lowest BCUT2D eigenvalue weighted by molar-refractivity contribution is -0.155. The largest absolute Gasteiger partial charge is 0.481 e. The first-order valence-electron chi connectivity index (χ1n) is 4.50. The highest BCUT2D eigenvalue weighted by Crippen LogP contribution is 2.45. The Balaban J connectivity index is 2.48. The molecule has 2 saturated heterocycles. The second-order valence-electron chi connectivity index (χ2n) is 4.04. The van der Waals surface area contributed by atoms with Crippen molar-refractivity contribution in [3.8, 4) is 0 Å². The van der Waals surface area contributed by atoms with Crippen LogP contribution in [0.3, 0.4) is 0 Å². The zero-order chi connectivity index (χ0) is 10.4. The minimum Gasteiger partial charge on any atom is -0.481 e. The highest BCUT2D eigenvalue weighted by Gasteiger charge is 2.66. The average Bonchev–Trinajstić information content (AvgIpc) is 2.56. The predicted octanol–water partition coefficient (Wildman–Crippen LogP) is -2.26. The van der Waals surface area contributed by atoms with Gasteiger partial charge < -0.3 is 21.5 Å². The second kappa shape index (κ2) is 2.68. The van der Waals surface area contributed by atoms with Crippen LogP contribution in [0.15, 0.2) is 0 Å². The van der Waals surface area contributed by atoms with Crippen LogP contribution in [-0.2, 0) is 9.59 Å². The van der Waals surface area contributed by atoms with Gasteiger partial charge >= 0.3 is 5.97 Å². The Bertz CT molecular complexity index is 264. The summed E-state index contributed by atoms with van der Waals surface area (Å²) in [5.41, 5.74) is 3.30. The number of nitrogens with one attached hydrogen (secondary N) is 2. The van der Waals surface area contributed by atoms with E-state index < -0.39 is 22.7 Å². The van der Waals surface area contributed by atoms with Gasteiger partial charge in [0.15, 0.2) is 0 Å². The van der Waals surface area contributed by atoms with E-state index in [9.17, 15) is 14.7 Å². The van der Waals surface area contributed by atoms with Crippen LogP contribution >= 0.6 is 0 Å². The number of aliphatic carboxylic acids is 1. The highest BCUT2D eigenvalue weighted by molar-refractivity contribution is 5.92. The Morgan fingerprint density at radius 2 is 1.50 bits per heavy atom. The van der Waals surface area contributed by atoms with Crippen molar-refractivity contribution in [2.24, 2.45) is 16.6 Å². The molecule has 0 spiro atoms. The quantitative estimate of drug-likeness (QED) is 0.401. The number of carboxylic acid groups (broad SMARTS) is 1. The van der Waals surface area contributed by atoms with Crippen LogP contribution in [0.2, 0.25) is 0 Å². The third kappa shape index (κ3) is 0.821. The highest BCUT2D eigenvalue weighted by atomic mass is 16.4. The Hall–Kier alpha value is -1.14. The molecule has 14 heavy (non-hydrogen) atoms. The summed E-state index contributed by atoms with van der Waals surface area (Å²) in [5.74, 6) is -1.48. The first kappa shape index (κ1) is 9.42. The molecule has 2 heterocycles. The van der Waals surface area contributed by atoms with Gasteiger partial charge in [-0.15, -0.1) is 0 Å². The van der Waals surface area contributed by atoms with Crippen molar-refractivity contribution in [2.75, 3.05) is 26.2 Å². The van der Waals surface area contributed by atoms with Crippen LogP contribution in [-0.4, -0.2) is 43.2 Å². The number of carbonyl (C=O) groups excluding carboxylic acids is 1. The fourth-order valence-electron chi connectivity index (χ4n) is 2.55. The van der Waals surface area contributed by atoms with E-state index in [0.29, 0.717) is 26.2 Å². The third-order valence-corrected chi connectivity index (χ3v) is 3.50. The summed E-state index contributed by atoms with van der Waals surface area (Å²) < 4.78 is 0. The molecular formula is C8H13N3O3. The van der Waals surface area contributed by atoms with Gasteiger partial charge in [0.05, 0.1) is 5.41 Å². The third-order valence-electron chi connectivity index (χ3n) is 3.50. The standard InChI is InChI=1S/C8H13N3O3/c9-5(12)7-1-10-3-8(7,6(13)14)4-11-2-7/h10-11H,1-4H2,(H2,9,12)(H,13,14). The molecule has 0 atom stereocenters. The maximum Gasteiger partial charge on any atom is 0.313 e. The number of primary amides is 1. The van der Waals surface area contributed by atoms with Gasteiger partial charge in [0, 0.05) is 26.2 Å². The number of hydrogen-bond acceptors (Lipinski definition) is 4. The fourth-order valence-corrected chi connectivity index (χ4v) is 2.55. The molecule has 5 N–H and O–H groups in total. The topological polar surface area (TPSA) is 104 Å². The van der Waals surface area contributed by atoms with Gasteiger partial charge in [0.1, 0.15) is 5.41 Å². The molecule has 0 aliphatic carbocycles. The number of carboxylic acids is 1. The summed E-state index contributed by atoms with van der Waals surface area (Å²) in [6.07, 6.45) is 0. The lowest BCUT2D eigenvalue weighted by Crippen LogP contribution is -2.53. The van der Waals surface area contributed by atoms with E-state index in [1.807, 2.05) is 0 Å². The van der Waals surface area contributed by atoms with E-state index in [4.69, 9.17) is 5.73 Å². The second-order valence-corrected chi connectivity index (χ2v) is 4.04. The summed E-state index contributed by atoms with van der Waals surface area (Å²) in [6.45, 7) is 1.31. The minimum absolute atomic E-state index is 0.304. The monoisotopic (exact) mass is 199 g/mol. The van der Waals surface area contributed by atoms with Crippen molar-refractivity contribution in [3.05, 3.63) is 0 Å². The fraction of sp³-hybridized carbons (Fsp3) is 0.750. The molecule has 2 rings (SSSR count). The van der Waals surface area contributed by atoms with Gasteiger partial charge in [-0.1, -0.05) is 0 Å². The van der Waals surface area contributed by atoms with Crippen LogP contribution in [0.1, 0.15) is 0 Å². The van der Waals surface area contributed by atoms with E-state index >= 15 is 0 Å². The number of carbonyl (C=O) groups is 2. The summed E-state index contributed by atoms with van der Waals surface area (Å²) in [4.78, 5) is 22.6. The van der Waals surface area contributed by atoms with Crippen molar-refractivity contribution in [1.29, 1.82) is 0 Å². The van der Waals surface area contributed by atoms with Crippen molar-refractivity contribution in [1.82, 2.24) is 10.6 Å². The smallest absolute Gasteiger partial charge is 0.313 e.